The molecule has 0 spiro atoms. The lowest BCUT2D eigenvalue weighted by atomic mass is 9.94. The Morgan fingerprint density at radius 3 is 2.50 bits per heavy atom. The van der Waals surface area contributed by atoms with Crippen molar-refractivity contribution in [2.45, 2.75) is 51.6 Å². The van der Waals surface area contributed by atoms with E-state index in [1.54, 1.807) is 12.1 Å². The first-order valence-corrected chi connectivity index (χ1v) is 11.3. The van der Waals surface area contributed by atoms with Gasteiger partial charge in [-0.1, -0.05) is 31.4 Å². The molecule has 0 radical (unpaired) electrons. The summed E-state index contributed by atoms with van der Waals surface area (Å²) in [5.74, 6) is 0.0137. The Morgan fingerprint density at radius 1 is 1.03 bits per heavy atom. The molecule has 1 amide bonds. The number of hydrogen-bond acceptors (Lipinski definition) is 4. The standard InChI is InChI=1S/C24H29N3O3/c1-2-27-20(16-19-22(27)18-10-6-7-11-21(18)30-24(19)29)23(28)26-14-12-25(13-15-26)17-8-4-3-5-9-17/h6-7,10-11,16-17H,2-5,8-9,12-15H2,1H3. The highest BCUT2D eigenvalue weighted by molar-refractivity contribution is 6.07. The summed E-state index contributed by atoms with van der Waals surface area (Å²) in [6, 6.07) is 9.95. The van der Waals surface area contributed by atoms with Crippen molar-refractivity contribution < 1.29 is 9.21 Å². The van der Waals surface area contributed by atoms with Gasteiger partial charge in [-0.05, 0) is 38.0 Å². The number of amides is 1. The van der Waals surface area contributed by atoms with Crippen LogP contribution in [0, 0.1) is 0 Å². The van der Waals surface area contributed by atoms with Crippen LogP contribution in [0.15, 0.2) is 39.5 Å². The number of hydrogen-bond donors (Lipinski definition) is 0. The molecule has 0 bridgehead atoms. The molecule has 30 heavy (non-hydrogen) atoms. The van der Waals surface area contributed by atoms with Gasteiger partial charge in [0.1, 0.15) is 11.3 Å². The smallest absolute Gasteiger partial charge is 0.345 e. The number of aromatic nitrogens is 1. The quantitative estimate of drug-likeness (QED) is 0.619. The summed E-state index contributed by atoms with van der Waals surface area (Å²) in [5, 5.41) is 1.36. The monoisotopic (exact) mass is 407 g/mol. The maximum Gasteiger partial charge on any atom is 0.345 e. The molecule has 2 aromatic heterocycles. The normalized spacial score (nSPS) is 19.0. The Hall–Kier alpha value is -2.60. The van der Waals surface area contributed by atoms with E-state index >= 15 is 0 Å². The predicted molar refractivity (Wildman–Crippen MR) is 118 cm³/mol. The van der Waals surface area contributed by atoms with Crippen molar-refractivity contribution >= 4 is 27.8 Å². The summed E-state index contributed by atoms with van der Waals surface area (Å²) in [7, 11) is 0. The minimum Gasteiger partial charge on any atom is -0.422 e. The maximum absolute atomic E-state index is 13.4. The molecule has 1 aliphatic heterocycles. The Morgan fingerprint density at radius 2 is 1.77 bits per heavy atom. The van der Waals surface area contributed by atoms with E-state index in [9.17, 15) is 9.59 Å². The molecule has 158 valence electrons. The number of piperazine rings is 1. The Kier molecular flexibility index (Phi) is 5.11. The van der Waals surface area contributed by atoms with Crippen LogP contribution in [0.2, 0.25) is 0 Å². The van der Waals surface area contributed by atoms with Gasteiger partial charge in [-0.2, -0.15) is 0 Å². The summed E-state index contributed by atoms with van der Waals surface area (Å²) in [4.78, 5) is 30.5. The zero-order chi connectivity index (χ0) is 20.7. The van der Waals surface area contributed by atoms with Crippen molar-refractivity contribution in [3.05, 3.63) is 46.4 Å². The molecule has 0 unspecified atom stereocenters. The van der Waals surface area contributed by atoms with E-state index in [2.05, 4.69) is 4.90 Å². The molecule has 3 aromatic rings. The highest BCUT2D eigenvalue weighted by Crippen LogP contribution is 2.28. The van der Waals surface area contributed by atoms with Crippen LogP contribution in [-0.2, 0) is 6.54 Å². The van der Waals surface area contributed by atoms with Gasteiger partial charge in [0.2, 0.25) is 0 Å². The van der Waals surface area contributed by atoms with Gasteiger partial charge >= 0.3 is 5.63 Å². The summed E-state index contributed by atoms with van der Waals surface area (Å²) in [6.45, 7) is 6.01. The van der Waals surface area contributed by atoms with Gasteiger partial charge in [0.05, 0.1) is 10.9 Å². The van der Waals surface area contributed by atoms with Gasteiger partial charge in [0.15, 0.2) is 0 Å². The number of para-hydroxylation sites is 1. The van der Waals surface area contributed by atoms with Crippen LogP contribution in [0.5, 0.6) is 0 Å². The van der Waals surface area contributed by atoms with Crippen molar-refractivity contribution in [1.82, 2.24) is 14.4 Å². The van der Waals surface area contributed by atoms with Gasteiger partial charge in [-0.25, -0.2) is 4.79 Å². The Bertz CT molecular complexity index is 1130. The van der Waals surface area contributed by atoms with Crippen LogP contribution in [0.25, 0.3) is 21.9 Å². The van der Waals surface area contributed by atoms with Crippen LogP contribution in [0.4, 0.5) is 0 Å². The lowest BCUT2D eigenvalue weighted by Crippen LogP contribution is -2.52. The fraction of sp³-hybridized carbons (Fsp3) is 0.500. The molecule has 1 aromatic carbocycles. The number of benzene rings is 1. The van der Waals surface area contributed by atoms with E-state index < -0.39 is 0 Å². The van der Waals surface area contributed by atoms with Crippen molar-refractivity contribution in [2.75, 3.05) is 26.2 Å². The maximum atomic E-state index is 13.4. The average molecular weight is 408 g/mol. The van der Waals surface area contributed by atoms with Crippen LogP contribution in [0.1, 0.15) is 49.5 Å². The molecule has 1 saturated carbocycles. The average Bonchev–Trinajstić information content (AvgIpc) is 3.20. The number of carbonyl (C=O) groups excluding carboxylic acids is 1. The predicted octanol–water partition coefficient (Wildman–Crippen LogP) is 3.86. The molecule has 5 rings (SSSR count). The fourth-order valence-electron chi connectivity index (χ4n) is 5.31. The third kappa shape index (κ3) is 3.23. The number of rotatable bonds is 3. The van der Waals surface area contributed by atoms with E-state index in [0.717, 1.165) is 37.1 Å². The molecular formula is C24H29N3O3. The van der Waals surface area contributed by atoms with E-state index in [-0.39, 0.29) is 11.5 Å². The zero-order valence-corrected chi connectivity index (χ0v) is 17.6. The van der Waals surface area contributed by atoms with E-state index in [1.807, 2.05) is 34.6 Å². The first-order valence-electron chi connectivity index (χ1n) is 11.3. The van der Waals surface area contributed by atoms with Crippen molar-refractivity contribution in [3.63, 3.8) is 0 Å². The molecule has 6 nitrogen and oxygen atoms in total. The third-order valence-corrected chi connectivity index (χ3v) is 6.89. The summed E-state index contributed by atoms with van der Waals surface area (Å²) in [6.07, 6.45) is 6.61. The molecule has 2 aliphatic rings. The molecule has 3 heterocycles. The minimum atomic E-state index is -0.382. The fourth-order valence-corrected chi connectivity index (χ4v) is 5.31. The molecule has 1 aliphatic carbocycles. The lowest BCUT2D eigenvalue weighted by molar-refractivity contribution is 0.0515. The first-order chi connectivity index (χ1) is 14.7. The largest absolute Gasteiger partial charge is 0.422 e. The van der Waals surface area contributed by atoms with E-state index in [1.165, 1.54) is 32.1 Å². The van der Waals surface area contributed by atoms with Gasteiger partial charge in [-0.15, -0.1) is 0 Å². The second kappa shape index (κ2) is 7.91. The topological polar surface area (TPSA) is 58.7 Å². The lowest BCUT2D eigenvalue weighted by Gasteiger charge is -2.40. The van der Waals surface area contributed by atoms with E-state index in [0.29, 0.717) is 29.2 Å². The first kappa shape index (κ1) is 19.4. The molecule has 2 fully saturated rings. The number of aryl methyl sites for hydroxylation is 1. The van der Waals surface area contributed by atoms with Gasteiger partial charge < -0.3 is 13.9 Å². The van der Waals surface area contributed by atoms with E-state index in [4.69, 9.17) is 4.42 Å². The molecular weight excluding hydrogens is 378 g/mol. The highest BCUT2D eigenvalue weighted by atomic mass is 16.4. The van der Waals surface area contributed by atoms with Crippen molar-refractivity contribution in [1.29, 1.82) is 0 Å². The number of carbonyl (C=O) groups is 1. The van der Waals surface area contributed by atoms with Gasteiger partial charge in [-0.3, -0.25) is 9.69 Å². The van der Waals surface area contributed by atoms with Crippen LogP contribution < -0.4 is 5.63 Å². The zero-order valence-electron chi connectivity index (χ0n) is 17.6. The molecule has 0 N–H and O–H groups in total. The molecule has 1 saturated heterocycles. The second-order valence-corrected chi connectivity index (χ2v) is 8.54. The Balaban J connectivity index is 1.45. The van der Waals surface area contributed by atoms with Crippen LogP contribution in [-0.4, -0.2) is 52.5 Å². The molecule has 6 heteroatoms. The second-order valence-electron chi connectivity index (χ2n) is 8.54. The minimum absolute atomic E-state index is 0.0137. The van der Waals surface area contributed by atoms with Crippen molar-refractivity contribution in [2.24, 2.45) is 0 Å². The number of nitrogens with zero attached hydrogens (tertiary/aromatic N) is 3. The highest BCUT2D eigenvalue weighted by Gasteiger charge is 2.29. The number of fused-ring (bicyclic) bond motifs is 3. The van der Waals surface area contributed by atoms with Crippen LogP contribution >= 0.6 is 0 Å². The van der Waals surface area contributed by atoms with Gasteiger partial charge in [0.25, 0.3) is 5.91 Å². The third-order valence-electron chi connectivity index (χ3n) is 6.89. The SMILES string of the molecule is CCn1c(C(=O)N2CCN(C3CCCCC3)CC2)cc2c(=O)oc3ccccc3c21. The summed E-state index contributed by atoms with van der Waals surface area (Å²) >= 11 is 0. The Labute approximate surface area is 176 Å². The van der Waals surface area contributed by atoms with Crippen molar-refractivity contribution in [3.8, 4) is 0 Å². The summed E-state index contributed by atoms with van der Waals surface area (Å²) in [5.41, 5.74) is 1.56. The van der Waals surface area contributed by atoms with Gasteiger partial charge in [0, 0.05) is 44.2 Å². The summed E-state index contributed by atoms with van der Waals surface area (Å²) < 4.78 is 7.47. The molecule has 0 atom stereocenters. The van der Waals surface area contributed by atoms with Crippen LogP contribution in [0.3, 0.4) is 0 Å².